The molecule has 0 saturated heterocycles. The molecule has 8 aromatic heterocycles. The van der Waals surface area contributed by atoms with Crippen molar-refractivity contribution in [3.05, 3.63) is 401 Å². The fourth-order valence-corrected chi connectivity index (χ4v) is 21.2. The zero-order valence-corrected chi connectivity index (χ0v) is 68.6. The van der Waals surface area contributed by atoms with Crippen molar-refractivity contribution < 1.29 is 0 Å². The first-order valence-corrected chi connectivity index (χ1v) is 43.8. The SMILES string of the molecule is c1ccc(-c2ccc(-c3nc(-c4ccc(-c5cccnc5)cc4)nc(-c4cc(-c5ccc6sc7ccccc7c6c5)cc(-c5ccc6sc7ccccc7c6c5)c4)n3)cc2)cc1.c1cncc(-c2ccc(-c3nc(-c4cc(-c5ccc6sc7ccccc7c6c5)cc(-c5ccc6sc7ccccc7c6c5)c4)nc(-c4cccc5ccccc45)n3)cc2)c1. The van der Waals surface area contributed by atoms with Crippen LogP contribution in [0.5, 0.6) is 0 Å². The van der Waals surface area contributed by atoms with Crippen LogP contribution in [0.3, 0.4) is 0 Å². The number of thiophene rings is 4. The predicted octanol–water partition coefficient (Wildman–Crippen LogP) is 30.8. The molecule has 0 spiro atoms. The third-order valence-corrected chi connectivity index (χ3v) is 27.7. The Morgan fingerprint density at radius 3 is 0.770 bits per heavy atom. The summed E-state index contributed by atoms with van der Waals surface area (Å²) in [5.41, 5.74) is 21.1. The van der Waals surface area contributed by atoms with Crippen LogP contribution in [-0.2, 0) is 0 Å². The Morgan fingerprint density at radius 2 is 0.410 bits per heavy atom. The first kappa shape index (κ1) is 72.2. The summed E-state index contributed by atoms with van der Waals surface area (Å²) in [7, 11) is 0. The van der Waals surface area contributed by atoms with Gasteiger partial charge in [0.2, 0.25) is 0 Å². The molecule has 0 aliphatic heterocycles. The molecular weight excluding hydrogens is 1560 g/mol. The number of pyridine rings is 2. The largest absolute Gasteiger partial charge is 0.264 e. The molecule has 122 heavy (non-hydrogen) atoms. The molecule has 0 bridgehead atoms. The highest BCUT2D eigenvalue weighted by Gasteiger charge is 2.22. The van der Waals surface area contributed by atoms with Crippen molar-refractivity contribution in [1.29, 1.82) is 0 Å². The molecule has 0 aliphatic rings. The number of nitrogens with zero attached hydrogens (tertiary/aromatic N) is 8. The van der Waals surface area contributed by atoms with Crippen LogP contribution in [0.15, 0.2) is 401 Å². The maximum atomic E-state index is 5.32. The highest BCUT2D eigenvalue weighted by atomic mass is 32.1. The monoisotopic (exact) mass is 1630 g/mol. The molecule has 8 nitrogen and oxygen atoms in total. The minimum absolute atomic E-state index is 0.610. The number of hydrogen-bond donors (Lipinski definition) is 0. The van der Waals surface area contributed by atoms with Gasteiger partial charge in [-0.25, -0.2) is 29.9 Å². The van der Waals surface area contributed by atoms with E-state index in [1.54, 1.807) is 12.4 Å². The van der Waals surface area contributed by atoms with E-state index in [1.807, 2.05) is 75.9 Å². The zero-order valence-electron chi connectivity index (χ0n) is 65.3. The molecule has 12 heteroatoms. The lowest BCUT2D eigenvalue weighted by Crippen LogP contribution is -2.01. The molecule has 0 aliphatic carbocycles. The summed E-state index contributed by atoms with van der Waals surface area (Å²) in [5, 5.41) is 12.4. The van der Waals surface area contributed by atoms with E-state index in [1.165, 1.54) is 80.7 Å². The smallest absolute Gasteiger partial charge is 0.164 e. The van der Waals surface area contributed by atoms with Gasteiger partial charge in [0.1, 0.15) is 0 Å². The maximum absolute atomic E-state index is 5.32. The van der Waals surface area contributed by atoms with Gasteiger partial charge in [0.05, 0.1) is 0 Å². The Morgan fingerprint density at radius 1 is 0.148 bits per heavy atom. The first-order chi connectivity index (χ1) is 60.3. The molecule has 24 rings (SSSR count). The van der Waals surface area contributed by atoms with E-state index in [0.29, 0.717) is 34.9 Å². The van der Waals surface area contributed by atoms with Gasteiger partial charge in [-0.2, -0.15) is 0 Å². The van der Waals surface area contributed by atoms with Crippen molar-refractivity contribution in [3.8, 4) is 146 Å². The lowest BCUT2D eigenvalue weighted by atomic mass is 9.94. The van der Waals surface area contributed by atoms with Gasteiger partial charge in [-0.3, -0.25) is 9.97 Å². The normalized spacial score (nSPS) is 11.6. The van der Waals surface area contributed by atoms with E-state index in [2.05, 4.69) is 368 Å². The van der Waals surface area contributed by atoms with E-state index in [4.69, 9.17) is 29.9 Å². The van der Waals surface area contributed by atoms with Crippen molar-refractivity contribution in [2.45, 2.75) is 0 Å². The van der Waals surface area contributed by atoms with E-state index in [9.17, 15) is 0 Å². The van der Waals surface area contributed by atoms with Gasteiger partial charge in [-0.1, -0.05) is 255 Å². The maximum Gasteiger partial charge on any atom is 0.164 e. The standard InChI is InChI=1S/C56H34N4S2.C54H32N4S2/c1-2-9-35(10-3-1)36-16-20-38(21-17-36)54-58-55(39-22-18-37(19-23-39)42-11-8-28-57-34-42)60-56(59-54)45-30-43(40-24-26-52-48(32-40)46-12-4-6-14-50(46)61-52)29-44(31-45)41-25-27-53-49(33-41)47-13-5-7-15-51(47)62-53;1-2-12-42-34(9-1)10-7-15-45(42)54-57-52(35-20-18-33(19-21-35)38-11-8-26-55-32-38)56-53(58-54)41-28-39(36-22-24-50-46(30-36)43-13-3-5-16-48(43)59-50)27-40(29-41)37-23-25-51-47(31-37)44-14-4-6-17-49(44)60-51/h1-34H;1-32H. The van der Waals surface area contributed by atoms with Crippen LogP contribution in [0.4, 0.5) is 0 Å². The molecule has 0 atom stereocenters. The summed E-state index contributed by atoms with van der Waals surface area (Å²) in [6.45, 7) is 0. The summed E-state index contributed by atoms with van der Waals surface area (Å²) in [4.78, 5) is 40.2. The fraction of sp³-hybridized carbons (Fsp3) is 0. The molecule has 0 saturated carbocycles. The zero-order chi connectivity index (χ0) is 80.6. The lowest BCUT2D eigenvalue weighted by Gasteiger charge is -2.14. The van der Waals surface area contributed by atoms with Gasteiger partial charge in [-0.05, 0) is 210 Å². The van der Waals surface area contributed by atoms with Crippen LogP contribution < -0.4 is 0 Å². The number of fused-ring (bicyclic) bond motifs is 13. The topological polar surface area (TPSA) is 103 Å². The molecule has 24 aromatic rings. The van der Waals surface area contributed by atoms with E-state index >= 15 is 0 Å². The lowest BCUT2D eigenvalue weighted by molar-refractivity contribution is 1.07. The molecule has 8 heterocycles. The average Bonchev–Trinajstić information content (AvgIpc) is 1.50. The molecule has 570 valence electrons. The second kappa shape index (κ2) is 30.7. The van der Waals surface area contributed by atoms with Crippen LogP contribution >= 0.6 is 45.3 Å². The Bertz CT molecular complexity index is 7820. The second-order valence-electron chi connectivity index (χ2n) is 30.6. The Labute approximate surface area is 718 Å². The van der Waals surface area contributed by atoms with Gasteiger partial charge >= 0.3 is 0 Å². The summed E-state index contributed by atoms with van der Waals surface area (Å²) in [6.07, 6.45) is 7.36. The van der Waals surface area contributed by atoms with Crippen molar-refractivity contribution in [2.24, 2.45) is 0 Å². The number of benzene rings is 16. The summed E-state index contributed by atoms with van der Waals surface area (Å²) >= 11 is 7.35. The quantitative estimate of drug-likeness (QED) is 0.112. The first-order valence-electron chi connectivity index (χ1n) is 40.5. The number of rotatable bonds is 13. The molecule has 16 aromatic carbocycles. The van der Waals surface area contributed by atoms with E-state index in [-0.39, 0.29) is 0 Å². The molecular formula is C110H66N8S4. The van der Waals surface area contributed by atoms with Gasteiger partial charge in [0.25, 0.3) is 0 Å². The van der Waals surface area contributed by atoms with Crippen molar-refractivity contribution in [2.75, 3.05) is 0 Å². The Hall–Kier alpha value is -15.0. The molecule has 0 N–H and O–H groups in total. The number of aromatic nitrogens is 8. The molecule has 0 fully saturated rings. The van der Waals surface area contributed by atoms with Crippen LogP contribution in [0.25, 0.3) is 238 Å². The Balaban J connectivity index is 0.000000142. The van der Waals surface area contributed by atoms with Gasteiger partial charge in [-0.15, -0.1) is 45.3 Å². The van der Waals surface area contributed by atoms with Crippen molar-refractivity contribution >= 4 is 137 Å². The average molecular weight is 1630 g/mol. The number of hydrogen-bond acceptors (Lipinski definition) is 12. The van der Waals surface area contributed by atoms with Crippen LogP contribution in [0.1, 0.15) is 0 Å². The molecule has 0 radical (unpaired) electrons. The summed E-state index contributed by atoms with van der Waals surface area (Å²) < 4.78 is 10.3. The molecule has 0 amide bonds. The fourth-order valence-electron chi connectivity index (χ4n) is 16.9. The van der Waals surface area contributed by atoms with Gasteiger partial charge in [0, 0.05) is 139 Å². The third kappa shape index (κ3) is 13.7. The van der Waals surface area contributed by atoms with Crippen LogP contribution in [0.2, 0.25) is 0 Å². The van der Waals surface area contributed by atoms with Crippen molar-refractivity contribution in [3.63, 3.8) is 0 Å². The molecule has 0 unspecified atom stereocenters. The van der Waals surface area contributed by atoms with E-state index < -0.39 is 0 Å². The van der Waals surface area contributed by atoms with Crippen LogP contribution in [-0.4, -0.2) is 39.9 Å². The van der Waals surface area contributed by atoms with Gasteiger partial charge in [0.15, 0.2) is 34.9 Å². The highest BCUT2D eigenvalue weighted by Crippen LogP contribution is 2.46. The highest BCUT2D eigenvalue weighted by molar-refractivity contribution is 7.27. The summed E-state index contributed by atoms with van der Waals surface area (Å²) in [6, 6.07) is 134. The second-order valence-corrected chi connectivity index (χ2v) is 34.9. The van der Waals surface area contributed by atoms with E-state index in [0.717, 1.165) is 122 Å². The Kier molecular flexibility index (Phi) is 18.2. The van der Waals surface area contributed by atoms with Crippen molar-refractivity contribution in [1.82, 2.24) is 39.9 Å². The van der Waals surface area contributed by atoms with Crippen LogP contribution in [0, 0.1) is 0 Å². The third-order valence-electron chi connectivity index (χ3n) is 23.1. The predicted molar refractivity (Wildman–Crippen MR) is 515 cm³/mol. The minimum atomic E-state index is 0.610. The summed E-state index contributed by atoms with van der Waals surface area (Å²) in [5.74, 6) is 3.70. The van der Waals surface area contributed by atoms with Gasteiger partial charge < -0.3 is 0 Å². The minimum Gasteiger partial charge on any atom is -0.264 e.